The van der Waals surface area contributed by atoms with E-state index in [0.29, 0.717) is 6.42 Å². The van der Waals surface area contributed by atoms with Crippen molar-refractivity contribution in [2.45, 2.75) is 71.3 Å². The van der Waals surface area contributed by atoms with Crippen molar-refractivity contribution in [3.05, 3.63) is 29.8 Å². The first-order chi connectivity index (χ1) is 10.1. The fourth-order valence-corrected chi connectivity index (χ4v) is 2.31. The zero-order valence-electron chi connectivity index (χ0n) is 13.4. The van der Waals surface area contributed by atoms with Gasteiger partial charge in [-0.3, -0.25) is 4.79 Å². The molecule has 3 nitrogen and oxygen atoms in total. The van der Waals surface area contributed by atoms with E-state index in [1.807, 2.05) is 24.3 Å². The van der Waals surface area contributed by atoms with Crippen LogP contribution in [0, 0.1) is 0 Å². The number of aliphatic hydroxyl groups excluding tert-OH is 1. The number of amides is 1. The Kier molecular flexibility index (Phi) is 8.76. The number of carbonyl (C=O) groups excluding carboxylic acids is 1. The van der Waals surface area contributed by atoms with Crippen molar-refractivity contribution in [3.8, 4) is 0 Å². The molecule has 0 saturated carbocycles. The minimum Gasteiger partial charge on any atom is -0.389 e. The van der Waals surface area contributed by atoms with Gasteiger partial charge >= 0.3 is 0 Å². The molecule has 0 spiro atoms. The quantitative estimate of drug-likeness (QED) is 0.607. The average molecular weight is 291 g/mol. The first-order valence-electron chi connectivity index (χ1n) is 8.21. The first-order valence-corrected chi connectivity index (χ1v) is 8.21. The summed E-state index contributed by atoms with van der Waals surface area (Å²) in [5.41, 5.74) is 1.66. The summed E-state index contributed by atoms with van der Waals surface area (Å²) in [6, 6.07) is 7.36. The first kappa shape index (κ1) is 17.7. The SMILES string of the molecule is CCCCCCCCCC(=O)Nc1ccc(C(C)O)cc1. The van der Waals surface area contributed by atoms with Gasteiger partial charge in [0, 0.05) is 12.1 Å². The number of unbranched alkanes of at least 4 members (excludes halogenated alkanes) is 6. The van der Waals surface area contributed by atoms with Crippen LogP contribution >= 0.6 is 0 Å². The molecule has 0 aliphatic carbocycles. The number of benzene rings is 1. The van der Waals surface area contributed by atoms with Crippen LogP contribution in [0.2, 0.25) is 0 Å². The fraction of sp³-hybridized carbons (Fsp3) is 0.611. The minimum atomic E-state index is -0.470. The normalized spacial score (nSPS) is 12.1. The molecule has 0 radical (unpaired) electrons. The van der Waals surface area contributed by atoms with Gasteiger partial charge < -0.3 is 10.4 Å². The Bertz CT molecular complexity index is 398. The van der Waals surface area contributed by atoms with Gasteiger partial charge in [0.05, 0.1) is 6.10 Å². The van der Waals surface area contributed by atoms with E-state index in [-0.39, 0.29) is 5.91 Å². The lowest BCUT2D eigenvalue weighted by Gasteiger charge is -2.08. The molecule has 0 heterocycles. The second-order valence-electron chi connectivity index (χ2n) is 5.72. The highest BCUT2D eigenvalue weighted by Gasteiger charge is 2.04. The van der Waals surface area contributed by atoms with E-state index in [0.717, 1.165) is 24.1 Å². The van der Waals surface area contributed by atoms with Crippen LogP contribution in [0.1, 0.15) is 76.9 Å². The molecule has 1 atom stereocenters. The standard InChI is InChI=1S/C18H29NO2/c1-3-4-5-6-7-8-9-10-18(21)19-17-13-11-16(12-14-17)15(2)20/h11-15,20H,3-10H2,1-2H3,(H,19,21). The highest BCUT2D eigenvalue weighted by molar-refractivity contribution is 5.90. The third kappa shape index (κ3) is 7.86. The largest absolute Gasteiger partial charge is 0.389 e. The molecule has 0 bridgehead atoms. The Morgan fingerprint density at radius 3 is 2.19 bits per heavy atom. The van der Waals surface area contributed by atoms with E-state index in [4.69, 9.17) is 0 Å². The summed E-state index contributed by atoms with van der Waals surface area (Å²) in [5, 5.41) is 12.3. The lowest BCUT2D eigenvalue weighted by atomic mass is 10.1. The van der Waals surface area contributed by atoms with Crippen LogP contribution < -0.4 is 5.32 Å². The van der Waals surface area contributed by atoms with Gasteiger partial charge in [-0.1, -0.05) is 57.6 Å². The third-order valence-corrected chi connectivity index (χ3v) is 3.68. The number of aliphatic hydroxyl groups is 1. The van der Waals surface area contributed by atoms with Crippen LogP contribution in [0.5, 0.6) is 0 Å². The van der Waals surface area contributed by atoms with Gasteiger partial charge in [-0.15, -0.1) is 0 Å². The number of rotatable bonds is 10. The number of hydrogen-bond acceptors (Lipinski definition) is 2. The van der Waals surface area contributed by atoms with Crippen LogP contribution in [0.25, 0.3) is 0 Å². The summed E-state index contributed by atoms with van der Waals surface area (Å²) in [4.78, 5) is 11.8. The van der Waals surface area contributed by atoms with Crippen molar-refractivity contribution in [3.63, 3.8) is 0 Å². The highest BCUT2D eigenvalue weighted by atomic mass is 16.3. The predicted molar refractivity (Wildman–Crippen MR) is 88.3 cm³/mol. The zero-order chi connectivity index (χ0) is 15.5. The van der Waals surface area contributed by atoms with Crippen LogP contribution in [-0.2, 0) is 4.79 Å². The van der Waals surface area contributed by atoms with E-state index < -0.39 is 6.10 Å². The van der Waals surface area contributed by atoms with Crippen molar-refractivity contribution in [1.29, 1.82) is 0 Å². The lowest BCUT2D eigenvalue weighted by molar-refractivity contribution is -0.116. The summed E-state index contributed by atoms with van der Waals surface area (Å²) in [6.45, 7) is 3.95. The minimum absolute atomic E-state index is 0.0772. The average Bonchev–Trinajstić information content (AvgIpc) is 2.47. The lowest BCUT2D eigenvalue weighted by Crippen LogP contribution is -2.11. The molecule has 0 aliphatic rings. The van der Waals surface area contributed by atoms with Crippen molar-refractivity contribution in [1.82, 2.24) is 0 Å². The number of anilines is 1. The molecule has 0 aliphatic heterocycles. The van der Waals surface area contributed by atoms with Gasteiger partial charge in [-0.05, 0) is 31.0 Å². The summed E-state index contributed by atoms with van der Waals surface area (Å²) in [7, 11) is 0. The van der Waals surface area contributed by atoms with E-state index in [1.54, 1.807) is 6.92 Å². The van der Waals surface area contributed by atoms with Crippen molar-refractivity contribution < 1.29 is 9.90 Å². The van der Waals surface area contributed by atoms with Gasteiger partial charge in [0.15, 0.2) is 0 Å². The maximum atomic E-state index is 11.8. The maximum absolute atomic E-state index is 11.8. The van der Waals surface area contributed by atoms with Crippen LogP contribution in [-0.4, -0.2) is 11.0 Å². The van der Waals surface area contributed by atoms with E-state index in [1.165, 1.54) is 32.1 Å². The van der Waals surface area contributed by atoms with Gasteiger partial charge in [-0.2, -0.15) is 0 Å². The van der Waals surface area contributed by atoms with Crippen LogP contribution in [0.4, 0.5) is 5.69 Å². The topological polar surface area (TPSA) is 49.3 Å². The Hall–Kier alpha value is -1.35. The molecule has 1 amide bonds. The Morgan fingerprint density at radius 2 is 1.62 bits per heavy atom. The summed E-state index contributed by atoms with van der Waals surface area (Å²) in [5.74, 6) is 0.0772. The number of hydrogen-bond donors (Lipinski definition) is 2. The van der Waals surface area contributed by atoms with Gasteiger partial charge in [0.2, 0.25) is 5.91 Å². The van der Waals surface area contributed by atoms with Gasteiger partial charge in [0.1, 0.15) is 0 Å². The molecule has 1 aromatic carbocycles. The second kappa shape index (κ2) is 10.4. The predicted octanol–water partition coefficient (Wildman–Crippen LogP) is 4.82. The Balaban J connectivity index is 2.15. The van der Waals surface area contributed by atoms with Crippen LogP contribution in [0.3, 0.4) is 0 Å². The maximum Gasteiger partial charge on any atom is 0.224 e. The molecule has 3 heteroatoms. The van der Waals surface area contributed by atoms with Gasteiger partial charge in [0.25, 0.3) is 0 Å². The Morgan fingerprint density at radius 1 is 1.05 bits per heavy atom. The molecule has 1 rings (SSSR count). The zero-order valence-corrected chi connectivity index (χ0v) is 13.4. The number of carbonyl (C=O) groups is 1. The molecule has 0 aromatic heterocycles. The highest BCUT2D eigenvalue weighted by Crippen LogP contribution is 2.16. The summed E-state index contributed by atoms with van der Waals surface area (Å²) < 4.78 is 0. The molecule has 0 saturated heterocycles. The van der Waals surface area contributed by atoms with E-state index in [9.17, 15) is 9.90 Å². The second-order valence-corrected chi connectivity index (χ2v) is 5.72. The molecule has 2 N–H and O–H groups in total. The number of nitrogens with one attached hydrogen (secondary N) is 1. The Labute approximate surface area is 128 Å². The molecular weight excluding hydrogens is 262 g/mol. The van der Waals surface area contributed by atoms with Crippen molar-refractivity contribution in [2.75, 3.05) is 5.32 Å². The van der Waals surface area contributed by atoms with Gasteiger partial charge in [-0.25, -0.2) is 0 Å². The molecule has 118 valence electrons. The van der Waals surface area contributed by atoms with Crippen LogP contribution in [0.15, 0.2) is 24.3 Å². The third-order valence-electron chi connectivity index (χ3n) is 3.68. The smallest absolute Gasteiger partial charge is 0.224 e. The van der Waals surface area contributed by atoms with E-state index in [2.05, 4.69) is 12.2 Å². The summed E-state index contributed by atoms with van der Waals surface area (Å²) in [6.07, 6.45) is 8.65. The monoisotopic (exact) mass is 291 g/mol. The molecule has 0 fully saturated rings. The molecular formula is C18H29NO2. The van der Waals surface area contributed by atoms with Crippen molar-refractivity contribution >= 4 is 11.6 Å². The van der Waals surface area contributed by atoms with E-state index >= 15 is 0 Å². The fourth-order valence-electron chi connectivity index (χ4n) is 2.31. The molecule has 1 aromatic rings. The molecule has 1 unspecified atom stereocenters. The van der Waals surface area contributed by atoms with Crippen molar-refractivity contribution in [2.24, 2.45) is 0 Å². The summed E-state index contributed by atoms with van der Waals surface area (Å²) >= 11 is 0. The molecule has 21 heavy (non-hydrogen) atoms.